The fourth-order valence-electron chi connectivity index (χ4n) is 2.83. The molecule has 120 valence electrons. The van der Waals surface area contributed by atoms with Crippen molar-refractivity contribution in [1.82, 2.24) is 15.3 Å². The largest absolute Gasteiger partial charge is 0.351 e. The van der Waals surface area contributed by atoms with Crippen LogP contribution in [0.4, 0.5) is 0 Å². The number of amides is 1. The smallest absolute Gasteiger partial charge is 0.231 e. The number of carbonyl (C=O) groups excluding carboxylic acids is 1. The van der Waals surface area contributed by atoms with E-state index >= 15 is 0 Å². The van der Waals surface area contributed by atoms with Gasteiger partial charge in [0.1, 0.15) is 0 Å². The summed E-state index contributed by atoms with van der Waals surface area (Å²) in [4.78, 5) is 22.3. The van der Waals surface area contributed by atoms with E-state index in [1.165, 1.54) is 4.88 Å². The predicted molar refractivity (Wildman–Crippen MR) is 94.5 cm³/mol. The van der Waals surface area contributed by atoms with Crippen LogP contribution in [0, 0.1) is 0 Å². The van der Waals surface area contributed by atoms with E-state index in [1.807, 2.05) is 41.9 Å². The molecule has 0 spiro atoms. The molecule has 0 atom stereocenters. The molecular weight excluding hydrogens is 318 g/mol. The van der Waals surface area contributed by atoms with Gasteiger partial charge < -0.3 is 5.32 Å². The van der Waals surface area contributed by atoms with Crippen LogP contribution >= 0.6 is 11.3 Å². The summed E-state index contributed by atoms with van der Waals surface area (Å²) in [5, 5.41) is 5.10. The van der Waals surface area contributed by atoms with Gasteiger partial charge in [-0.05, 0) is 48.1 Å². The van der Waals surface area contributed by atoms with Gasteiger partial charge in [-0.2, -0.15) is 0 Å². The molecular formula is C19H17N3OS. The maximum atomic E-state index is 12.6. The van der Waals surface area contributed by atoms with Crippen molar-refractivity contribution in [3.05, 3.63) is 70.8 Å². The standard InChI is InChI=1S/C19H17N3OS/c23-18(19(7-8-19)17-4-2-10-24-17)22-12-14-5-6-16(21-11-14)15-3-1-9-20-13-15/h1-6,9-11,13H,7-8,12H2,(H,22,23). The van der Waals surface area contributed by atoms with Crippen LogP contribution in [0.5, 0.6) is 0 Å². The lowest BCUT2D eigenvalue weighted by Gasteiger charge is -2.13. The average molecular weight is 335 g/mol. The summed E-state index contributed by atoms with van der Waals surface area (Å²) < 4.78 is 0. The molecule has 1 saturated carbocycles. The van der Waals surface area contributed by atoms with Gasteiger partial charge in [-0.15, -0.1) is 11.3 Å². The fourth-order valence-corrected chi connectivity index (χ4v) is 3.81. The van der Waals surface area contributed by atoms with Gasteiger partial charge in [0.05, 0.1) is 11.1 Å². The minimum absolute atomic E-state index is 0.126. The number of carbonyl (C=O) groups is 1. The van der Waals surface area contributed by atoms with E-state index in [1.54, 1.807) is 23.7 Å². The monoisotopic (exact) mass is 335 g/mol. The fraction of sp³-hybridized carbons (Fsp3) is 0.211. The Balaban J connectivity index is 1.41. The zero-order valence-corrected chi connectivity index (χ0v) is 13.9. The van der Waals surface area contributed by atoms with Crippen molar-refractivity contribution in [3.63, 3.8) is 0 Å². The van der Waals surface area contributed by atoms with Crippen molar-refractivity contribution in [2.45, 2.75) is 24.8 Å². The molecule has 3 aromatic rings. The molecule has 0 unspecified atom stereocenters. The molecule has 1 aliphatic carbocycles. The highest BCUT2D eigenvalue weighted by Gasteiger charge is 2.51. The molecule has 0 aliphatic heterocycles. The van der Waals surface area contributed by atoms with Gasteiger partial charge >= 0.3 is 0 Å². The molecule has 4 nitrogen and oxygen atoms in total. The molecule has 1 fully saturated rings. The molecule has 3 aromatic heterocycles. The Bertz CT molecular complexity index is 825. The number of nitrogens with zero attached hydrogens (tertiary/aromatic N) is 2. The highest BCUT2D eigenvalue weighted by molar-refractivity contribution is 7.10. The van der Waals surface area contributed by atoms with Gasteiger partial charge in [0.25, 0.3) is 0 Å². The summed E-state index contributed by atoms with van der Waals surface area (Å²) in [6.07, 6.45) is 7.23. The third-order valence-electron chi connectivity index (χ3n) is 4.41. The maximum Gasteiger partial charge on any atom is 0.231 e. The van der Waals surface area contributed by atoms with Crippen LogP contribution in [-0.4, -0.2) is 15.9 Å². The average Bonchev–Trinajstić information content (AvgIpc) is 3.27. The molecule has 1 aliphatic rings. The Morgan fingerprint density at radius 3 is 2.71 bits per heavy atom. The van der Waals surface area contributed by atoms with E-state index in [0.717, 1.165) is 29.7 Å². The lowest BCUT2D eigenvalue weighted by Crippen LogP contribution is -2.33. The van der Waals surface area contributed by atoms with E-state index in [0.29, 0.717) is 6.54 Å². The van der Waals surface area contributed by atoms with Crippen LogP contribution in [0.3, 0.4) is 0 Å². The van der Waals surface area contributed by atoms with Crippen molar-refractivity contribution in [1.29, 1.82) is 0 Å². The Hall–Kier alpha value is -2.53. The van der Waals surface area contributed by atoms with E-state index < -0.39 is 0 Å². The molecule has 3 heterocycles. The number of aromatic nitrogens is 2. The summed E-state index contributed by atoms with van der Waals surface area (Å²) >= 11 is 1.66. The summed E-state index contributed by atoms with van der Waals surface area (Å²) in [6, 6.07) is 11.9. The maximum absolute atomic E-state index is 12.6. The van der Waals surface area contributed by atoms with Crippen molar-refractivity contribution in [2.75, 3.05) is 0 Å². The minimum atomic E-state index is -0.281. The Morgan fingerprint density at radius 1 is 1.17 bits per heavy atom. The molecule has 0 bridgehead atoms. The first-order chi connectivity index (χ1) is 11.8. The molecule has 1 N–H and O–H groups in total. The molecule has 24 heavy (non-hydrogen) atoms. The Kier molecular flexibility index (Phi) is 3.86. The van der Waals surface area contributed by atoms with E-state index in [-0.39, 0.29) is 11.3 Å². The van der Waals surface area contributed by atoms with Gasteiger partial charge in [0, 0.05) is 35.6 Å². The number of rotatable bonds is 5. The topological polar surface area (TPSA) is 54.9 Å². The van der Waals surface area contributed by atoms with Gasteiger partial charge in [-0.3, -0.25) is 14.8 Å². The summed E-state index contributed by atoms with van der Waals surface area (Å²) in [6.45, 7) is 0.506. The summed E-state index contributed by atoms with van der Waals surface area (Å²) in [5.74, 6) is 0.126. The quantitative estimate of drug-likeness (QED) is 0.776. The number of hydrogen-bond donors (Lipinski definition) is 1. The van der Waals surface area contributed by atoms with Crippen molar-refractivity contribution < 1.29 is 4.79 Å². The zero-order valence-electron chi connectivity index (χ0n) is 13.1. The first-order valence-corrected chi connectivity index (χ1v) is 8.83. The Labute approximate surface area is 144 Å². The minimum Gasteiger partial charge on any atom is -0.351 e. The van der Waals surface area contributed by atoms with E-state index in [4.69, 9.17) is 0 Å². The molecule has 5 heteroatoms. The van der Waals surface area contributed by atoms with Gasteiger partial charge in [0.15, 0.2) is 0 Å². The molecule has 0 saturated heterocycles. The van der Waals surface area contributed by atoms with Crippen LogP contribution in [0.15, 0.2) is 60.4 Å². The lowest BCUT2D eigenvalue weighted by molar-refractivity contribution is -0.123. The number of hydrogen-bond acceptors (Lipinski definition) is 4. The third-order valence-corrected chi connectivity index (χ3v) is 5.49. The second kappa shape index (κ2) is 6.17. The van der Waals surface area contributed by atoms with Gasteiger partial charge in [0.2, 0.25) is 5.91 Å². The number of nitrogens with one attached hydrogen (secondary N) is 1. The number of thiophene rings is 1. The summed E-state index contributed by atoms with van der Waals surface area (Å²) in [7, 11) is 0. The van der Waals surface area contributed by atoms with Crippen LogP contribution in [0.2, 0.25) is 0 Å². The second-order valence-corrected chi connectivity index (χ2v) is 6.98. The molecule has 0 aromatic carbocycles. The van der Waals surface area contributed by atoms with Crippen LogP contribution in [0.25, 0.3) is 11.3 Å². The molecule has 0 radical (unpaired) electrons. The molecule has 1 amide bonds. The Morgan fingerprint density at radius 2 is 2.08 bits per heavy atom. The lowest BCUT2D eigenvalue weighted by atomic mass is 10.0. The highest BCUT2D eigenvalue weighted by Crippen LogP contribution is 2.50. The normalized spacial score (nSPS) is 15.0. The van der Waals surface area contributed by atoms with E-state index in [9.17, 15) is 4.79 Å². The van der Waals surface area contributed by atoms with Gasteiger partial charge in [-0.25, -0.2) is 0 Å². The van der Waals surface area contributed by atoms with Crippen molar-refractivity contribution in [2.24, 2.45) is 0 Å². The third kappa shape index (κ3) is 2.83. The zero-order chi connectivity index (χ0) is 16.4. The van der Waals surface area contributed by atoms with Crippen LogP contribution in [-0.2, 0) is 16.8 Å². The van der Waals surface area contributed by atoms with Gasteiger partial charge in [-0.1, -0.05) is 12.1 Å². The number of pyridine rings is 2. The van der Waals surface area contributed by atoms with Crippen molar-refractivity contribution >= 4 is 17.2 Å². The highest BCUT2D eigenvalue weighted by atomic mass is 32.1. The van der Waals surface area contributed by atoms with Crippen molar-refractivity contribution in [3.8, 4) is 11.3 Å². The first kappa shape index (κ1) is 15.0. The van der Waals surface area contributed by atoms with Crippen LogP contribution in [0.1, 0.15) is 23.3 Å². The predicted octanol–water partition coefficient (Wildman–Crippen LogP) is 3.55. The first-order valence-electron chi connectivity index (χ1n) is 7.96. The van der Waals surface area contributed by atoms with Crippen LogP contribution < -0.4 is 5.32 Å². The van der Waals surface area contributed by atoms with E-state index in [2.05, 4.69) is 21.4 Å². The SMILES string of the molecule is O=C(NCc1ccc(-c2cccnc2)nc1)C1(c2cccs2)CC1. The summed E-state index contributed by atoms with van der Waals surface area (Å²) in [5.41, 5.74) is 2.59. The molecule has 4 rings (SSSR count). The second-order valence-electron chi connectivity index (χ2n) is 6.04.